The second-order valence-corrected chi connectivity index (χ2v) is 7.58. The third-order valence-electron chi connectivity index (χ3n) is 4.12. The highest BCUT2D eigenvalue weighted by Crippen LogP contribution is 2.40. The van der Waals surface area contributed by atoms with Crippen LogP contribution in [0.15, 0.2) is 36.4 Å². The molecule has 7 heteroatoms. The topological polar surface area (TPSA) is 66.9 Å². The molecule has 0 N–H and O–H groups in total. The zero-order valence-corrected chi connectivity index (χ0v) is 16.1. The average molecular weight is 385 g/mol. The first-order valence-corrected chi connectivity index (χ1v) is 9.45. The van der Waals surface area contributed by atoms with Gasteiger partial charge in [-0.15, -0.1) is 11.3 Å². The Balaban J connectivity index is 1.55. The van der Waals surface area contributed by atoms with E-state index in [9.17, 15) is 4.79 Å². The zero-order chi connectivity index (χ0) is 19.0. The summed E-state index contributed by atoms with van der Waals surface area (Å²) in [6.07, 6.45) is 0. The van der Waals surface area contributed by atoms with Crippen LogP contribution < -0.4 is 14.2 Å². The lowest BCUT2D eigenvalue weighted by Gasteiger charge is -2.24. The second-order valence-electron chi connectivity index (χ2n) is 6.55. The van der Waals surface area contributed by atoms with Gasteiger partial charge in [-0.3, -0.25) is 0 Å². The number of ether oxygens (including phenoxy) is 4. The number of aromatic nitrogens is 1. The standard InChI is InChI=1S/C20H19NO5S/c1-4-23-19(22)20(2,3)26-13-7-5-12(6-8-13)18-21-14-9-15-16(25-11-24-15)10-17(14)27-18/h5-10H,4,11H2,1-3H3. The van der Waals surface area contributed by atoms with Crippen molar-refractivity contribution in [3.63, 3.8) is 0 Å². The van der Waals surface area contributed by atoms with Gasteiger partial charge in [0.2, 0.25) is 6.79 Å². The molecule has 2 aromatic carbocycles. The summed E-state index contributed by atoms with van der Waals surface area (Å²) in [4.78, 5) is 16.7. The average Bonchev–Trinajstić information content (AvgIpc) is 3.25. The Kier molecular flexibility index (Phi) is 4.39. The van der Waals surface area contributed by atoms with Crippen LogP contribution in [0.2, 0.25) is 0 Å². The van der Waals surface area contributed by atoms with Gasteiger partial charge in [0.1, 0.15) is 10.8 Å². The number of nitrogens with zero attached hydrogens (tertiary/aromatic N) is 1. The summed E-state index contributed by atoms with van der Waals surface area (Å²) in [7, 11) is 0. The highest BCUT2D eigenvalue weighted by Gasteiger charge is 2.31. The molecule has 3 aromatic rings. The van der Waals surface area contributed by atoms with Crippen molar-refractivity contribution in [2.75, 3.05) is 13.4 Å². The summed E-state index contributed by atoms with van der Waals surface area (Å²) in [5.74, 6) is 1.68. The summed E-state index contributed by atoms with van der Waals surface area (Å²) in [5, 5.41) is 0.893. The Morgan fingerprint density at radius 2 is 1.89 bits per heavy atom. The summed E-state index contributed by atoms with van der Waals surface area (Å²) in [6, 6.07) is 11.4. The fraction of sp³-hybridized carbons (Fsp3) is 0.300. The molecular formula is C20H19NO5S. The van der Waals surface area contributed by atoms with Crippen molar-refractivity contribution >= 4 is 27.5 Å². The second kappa shape index (κ2) is 6.74. The third kappa shape index (κ3) is 3.42. The van der Waals surface area contributed by atoms with E-state index in [0.29, 0.717) is 12.4 Å². The van der Waals surface area contributed by atoms with Gasteiger partial charge in [-0.2, -0.15) is 0 Å². The molecule has 4 rings (SSSR count). The quantitative estimate of drug-likeness (QED) is 0.606. The number of hydrogen-bond acceptors (Lipinski definition) is 7. The lowest BCUT2D eigenvalue weighted by atomic mass is 10.1. The van der Waals surface area contributed by atoms with Crippen LogP contribution in [0.4, 0.5) is 0 Å². The van der Waals surface area contributed by atoms with Crippen LogP contribution in [0.5, 0.6) is 17.2 Å². The first-order valence-electron chi connectivity index (χ1n) is 8.63. The smallest absolute Gasteiger partial charge is 0.349 e. The molecular weight excluding hydrogens is 366 g/mol. The Labute approximate surface area is 160 Å². The van der Waals surface area contributed by atoms with Crippen molar-refractivity contribution < 1.29 is 23.7 Å². The molecule has 0 aliphatic carbocycles. The van der Waals surface area contributed by atoms with Gasteiger partial charge >= 0.3 is 5.97 Å². The zero-order valence-electron chi connectivity index (χ0n) is 15.3. The molecule has 1 aliphatic heterocycles. The van der Waals surface area contributed by atoms with Crippen LogP contribution in [-0.2, 0) is 9.53 Å². The van der Waals surface area contributed by atoms with E-state index in [-0.39, 0.29) is 6.79 Å². The van der Waals surface area contributed by atoms with E-state index in [1.54, 1.807) is 32.1 Å². The number of hydrogen-bond donors (Lipinski definition) is 0. The maximum absolute atomic E-state index is 12.0. The molecule has 0 fully saturated rings. The Morgan fingerprint density at radius 1 is 1.19 bits per heavy atom. The van der Waals surface area contributed by atoms with Crippen molar-refractivity contribution in [3.8, 4) is 27.8 Å². The number of esters is 1. The van der Waals surface area contributed by atoms with Crippen LogP contribution in [0.3, 0.4) is 0 Å². The summed E-state index contributed by atoms with van der Waals surface area (Å²) < 4.78 is 22.7. The Bertz CT molecular complexity index is 953. The molecule has 0 bridgehead atoms. The molecule has 0 saturated heterocycles. The predicted molar refractivity (Wildman–Crippen MR) is 103 cm³/mol. The van der Waals surface area contributed by atoms with E-state index in [2.05, 4.69) is 4.98 Å². The lowest BCUT2D eigenvalue weighted by molar-refractivity contribution is -0.158. The molecule has 0 unspecified atom stereocenters. The summed E-state index contributed by atoms with van der Waals surface area (Å²) in [6.45, 7) is 5.73. The monoisotopic (exact) mass is 385 g/mol. The maximum Gasteiger partial charge on any atom is 0.349 e. The van der Waals surface area contributed by atoms with Gasteiger partial charge in [0.15, 0.2) is 17.1 Å². The van der Waals surface area contributed by atoms with Gasteiger partial charge in [-0.1, -0.05) is 0 Å². The summed E-state index contributed by atoms with van der Waals surface area (Å²) >= 11 is 1.59. The van der Waals surface area contributed by atoms with Crippen molar-refractivity contribution in [1.82, 2.24) is 4.98 Å². The number of thiazole rings is 1. The summed E-state index contributed by atoms with van der Waals surface area (Å²) in [5.41, 5.74) is 0.802. The van der Waals surface area contributed by atoms with Crippen LogP contribution in [0, 0.1) is 0 Å². The van der Waals surface area contributed by atoms with E-state index >= 15 is 0 Å². The van der Waals surface area contributed by atoms with E-state index in [4.69, 9.17) is 18.9 Å². The van der Waals surface area contributed by atoms with Crippen LogP contribution >= 0.6 is 11.3 Å². The third-order valence-corrected chi connectivity index (χ3v) is 5.19. The fourth-order valence-corrected chi connectivity index (χ4v) is 3.73. The predicted octanol–water partition coefficient (Wildman–Crippen LogP) is 4.41. The van der Waals surface area contributed by atoms with Gasteiger partial charge in [0.05, 0.1) is 16.8 Å². The molecule has 1 aromatic heterocycles. The van der Waals surface area contributed by atoms with Crippen molar-refractivity contribution in [2.24, 2.45) is 0 Å². The molecule has 0 spiro atoms. The van der Waals surface area contributed by atoms with E-state index in [1.807, 2.05) is 36.4 Å². The molecule has 140 valence electrons. The van der Waals surface area contributed by atoms with Gasteiger partial charge < -0.3 is 18.9 Å². The minimum atomic E-state index is -1.05. The SMILES string of the molecule is CCOC(=O)C(C)(C)Oc1ccc(-c2nc3cc4c(cc3s2)OCO4)cc1. The van der Waals surface area contributed by atoms with Crippen molar-refractivity contribution in [2.45, 2.75) is 26.4 Å². The van der Waals surface area contributed by atoms with Crippen molar-refractivity contribution in [1.29, 1.82) is 0 Å². The minimum absolute atomic E-state index is 0.253. The van der Waals surface area contributed by atoms with Gasteiger partial charge in [-0.05, 0) is 45.0 Å². The maximum atomic E-state index is 12.0. The molecule has 0 radical (unpaired) electrons. The van der Waals surface area contributed by atoms with Crippen LogP contribution in [0.25, 0.3) is 20.8 Å². The molecule has 0 amide bonds. The lowest BCUT2D eigenvalue weighted by Crippen LogP contribution is -2.39. The number of carbonyl (C=O) groups is 1. The Morgan fingerprint density at radius 3 is 2.59 bits per heavy atom. The number of carbonyl (C=O) groups excluding carboxylic acids is 1. The number of benzene rings is 2. The van der Waals surface area contributed by atoms with Gasteiger partial charge in [-0.25, -0.2) is 9.78 Å². The van der Waals surface area contributed by atoms with Crippen LogP contribution in [0.1, 0.15) is 20.8 Å². The highest BCUT2D eigenvalue weighted by molar-refractivity contribution is 7.21. The molecule has 6 nitrogen and oxygen atoms in total. The molecule has 2 heterocycles. The first kappa shape index (κ1) is 17.6. The normalized spacial score (nSPS) is 13.0. The van der Waals surface area contributed by atoms with Gasteiger partial charge in [0, 0.05) is 17.7 Å². The van der Waals surface area contributed by atoms with Crippen LogP contribution in [-0.4, -0.2) is 30.0 Å². The van der Waals surface area contributed by atoms with E-state index in [1.165, 1.54) is 0 Å². The molecule has 0 saturated carbocycles. The highest BCUT2D eigenvalue weighted by atomic mass is 32.1. The van der Waals surface area contributed by atoms with E-state index in [0.717, 1.165) is 32.3 Å². The Hall–Kier alpha value is -2.80. The first-order chi connectivity index (χ1) is 13.0. The minimum Gasteiger partial charge on any atom is -0.476 e. The largest absolute Gasteiger partial charge is 0.476 e. The van der Waals surface area contributed by atoms with E-state index < -0.39 is 11.6 Å². The van der Waals surface area contributed by atoms with Crippen molar-refractivity contribution in [3.05, 3.63) is 36.4 Å². The molecule has 0 atom stereocenters. The molecule has 1 aliphatic rings. The number of rotatable bonds is 5. The fourth-order valence-electron chi connectivity index (χ4n) is 2.75. The molecule has 27 heavy (non-hydrogen) atoms. The van der Waals surface area contributed by atoms with Gasteiger partial charge in [0.25, 0.3) is 0 Å². The number of fused-ring (bicyclic) bond motifs is 2.